The van der Waals surface area contributed by atoms with Gasteiger partial charge in [-0.15, -0.1) is 0 Å². The van der Waals surface area contributed by atoms with Crippen LogP contribution in [0.25, 0.3) is 0 Å². The Labute approximate surface area is 134 Å². The van der Waals surface area contributed by atoms with Crippen LogP contribution in [0.3, 0.4) is 0 Å². The van der Waals surface area contributed by atoms with Crippen LogP contribution in [-0.4, -0.2) is 35.8 Å². The molecule has 5 nitrogen and oxygen atoms in total. The summed E-state index contributed by atoms with van der Waals surface area (Å²) in [6.45, 7) is -1.12. The number of halogens is 1. The third-order valence-electron chi connectivity index (χ3n) is 3.93. The number of carboxylic acid groups (broad SMARTS) is 1. The van der Waals surface area contributed by atoms with E-state index in [4.69, 9.17) is 9.84 Å². The van der Waals surface area contributed by atoms with E-state index >= 15 is 0 Å². The predicted molar refractivity (Wildman–Crippen MR) is 83.2 cm³/mol. The highest BCUT2D eigenvalue weighted by Crippen LogP contribution is 2.24. The maximum absolute atomic E-state index is 12.5. The lowest BCUT2D eigenvalue weighted by Gasteiger charge is -2.14. The van der Waals surface area contributed by atoms with Crippen LogP contribution >= 0.6 is 0 Å². The van der Waals surface area contributed by atoms with Gasteiger partial charge in [0.05, 0.1) is 6.10 Å². The molecule has 2 N–H and O–H groups in total. The molecule has 0 aromatic heterocycles. The fraction of sp³-hybridized carbons (Fsp3) is 0.529. The molecule has 0 bridgehead atoms. The van der Waals surface area contributed by atoms with E-state index in [1.807, 2.05) is 24.3 Å². The summed E-state index contributed by atoms with van der Waals surface area (Å²) >= 11 is 0. The first-order valence-corrected chi connectivity index (χ1v) is 7.92. The Morgan fingerprint density at radius 3 is 2.74 bits per heavy atom. The molecule has 1 aliphatic carbocycles. The number of hydrogen-bond donors (Lipinski definition) is 2. The van der Waals surface area contributed by atoms with Crippen LogP contribution in [0.15, 0.2) is 24.3 Å². The van der Waals surface area contributed by atoms with Gasteiger partial charge in [0.15, 0.2) is 6.04 Å². The summed E-state index contributed by atoms with van der Waals surface area (Å²) in [5.41, 5.74) is 0.933. The number of alkyl halides is 1. The van der Waals surface area contributed by atoms with E-state index in [9.17, 15) is 14.0 Å². The van der Waals surface area contributed by atoms with E-state index in [1.165, 1.54) is 12.8 Å². The van der Waals surface area contributed by atoms with Gasteiger partial charge in [-0.25, -0.2) is 9.18 Å². The molecule has 0 spiro atoms. The minimum atomic E-state index is -1.47. The number of carboxylic acids is 1. The van der Waals surface area contributed by atoms with Crippen molar-refractivity contribution in [1.29, 1.82) is 0 Å². The fourth-order valence-corrected chi connectivity index (χ4v) is 2.66. The highest BCUT2D eigenvalue weighted by atomic mass is 19.1. The SMILES string of the molecule is O=C(CCc1cccc(OC2CCCC2)c1)NC(CF)C(=O)O. The first kappa shape index (κ1) is 17.2. The van der Waals surface area contributed by atoms with E-state index in [0.717, 1.165) is 24.2 Å². The zero-order chi connectivity index (χ0) is 16.7. The van der Waals surface area contributed by atoms with Crippen molar-refractivity contribution in [3.05, 3.63) is 29.8 Å². The maximum Gasteiger partial charge on any atom is 0.328 e. The van der Waals surface area contributed by atoms with Crippen molar-refractivity contribution in [1.82, 2.24) is 5.32 Å². The zero-order valence-electron chi connectivity index (χ0n) is 13.0. The van der Waals surface area contributed by atoms with E-state index in [1.54, 1.807) is 0 Å². The van der Waals surface area contributed by atoms with Crippen molar-refractivity contribution >= 4 is 11.9 Å². The molecule has 1 aromatic carbocycles. The largest absolute Gasteiger partial charge is 0.490 e. The Morgan fingerprint density at radius 2 is 2.09 bits per heavy atom. The topological polar surface area (TPSA) is 75.6 Å². The van der Waals surface area contributed by atoms with Crippen LogP contribution in [-0.2, 0) is 16.0 Å². The quantitative estimate of drug-likeness (QED) is 0.770. The standard InChI is InChI=1S/C17H22FNO4/c18-11-15(17(21)22)19-16(20)9-8-12-4-3-7-14(10-12)23-13-5-1-2-6-13/h3-4,7,10,13,15H,1-2,5-6,8-9,11H2,(H,19,20)(H,21,22). The second kappa shape index (κ2) is 8.50. The summed E-state index contributed by atoms with van der Waals surface area (Å²) in [7, 11) is 0. The molecule has 1 unspecified atom stereocenters. The van der Waals surface area contributed by atoms with Crippen molar-refractivity contribution in [2.45, 2.75) is 50.7 Å². The number of nitrogens with one attached hydrogen (secondary N) is 1. The number of amides is 1. The predicted octanol–water partition coefficient (Wildman–Crippen LogP) is 2.48. The van der Waals surface area contributed by atoms with Gasteiger partial charge in [-0.05, 0) is 49.8 Å². The van der Waals surface area contributed by atoms with Gasteiger partial charge in [0, 0.05) is 6.42 Å². The second-order valence-corrected chi connectivity index (χ2v) is 5.78. The van der Waals surface area contributed by atoms with Gasteiger partial charge in [0.1, 0.15) is 12.4 Å². The summed E-state index contributed by atoms with van der Waals surface area (Å²) in [6, 6.07) is 6.08. The number of ether oxygens (including phenoxy) is 1. The van der Waals surface area contributed by atoms with Crippen LogP contribution in [0.5, 0.6) is 5.75 Å². The molecular weight excluding hydrogens is 301 g/mol. The lowest BCUT2D eigenvalue weighted by molar-refractivity contribution is -0.142. The number of hydrogen-bond acceptors (Lipinski definition) is 3. The number of carbonyl (C=O) groups excluding carboxylic acids is 1. The molecule has 126 valence electrons. The second-order valence-electron chi connectivity index (χ2n) is 5.78. The molecule has 2 rings (SSSR count). The minimum Gasteiger partial charge on any atom is -0.490 e. The zero-order valence-corrected chi connectivity index (χ0v) is 13.0. The molecule has 1 aromatic rings. The van der Waals surface area contributed by atoms with E-state index in [-0.39, 0.29) is 12.5 Å². The summed E-state index contributed by atoms with van der Waals surface area (Å²) in [6.07, 6.45) is 5.38. The summed E-state index contributed by atoms with van der Waals surface area (Å²) < 4.78 is 18.4. The number of benzene rings is 1. The van der Waals surface area contributed by atoms with Crippen LogP contribution in [0.4, 0.5) is 4.39 Å². The number of carbonyl (C=O) groups is 2. The highest BCUT2D eigenvalue weighted by Gasteiger charge is 2.19. The normalized spacial score (nSPS) is 16.0. The Hall–Kier alpha value is -2.11. The van der Waals surface area contributed by atoms with Gasteiger partial charge < -0.3 is 15.2 Å². The third-order valence-corrected chi connectivity index (χ3v) is 3.93. The van der Waals surface area contributed by atoms with Gasteiger partial charge in [0.2, 0.25) is 5.91 Å². The first-order valence-electron chi connectivity index (χ1n) is 7.92. The van der Waals surface area contributed by atoms with Crippen LogP contribution in [0.2, 0.25) is 0 Å². The molecule has 0 saturated heterocycles. The molecule has 0 aliphatic heterocycles. The van der Waals surface area contributed by atoms with Crippen molar-refractivity contribution in [3.8, 4) is 5.75 Å². The number of rotatable bonds is 8. The lowest BCUT2D eigenvalue weighted by atomic mass is 10.1. The Morgan fingerprint density at radius 1 is 1.35 bits per heavy atom. The Bertz CT molecular complexity index is 543. The van der Waals surface area contributed by atoms with Gasteiger partial charge in [-0.2, -0.15) is 0 Å². The lowest BCUT2D eigenvalue weighted by Crippen LogP contribution is -2.42. The van der Waals surface area contributed by atoms with Crippen molar-refractivity contribution in [3.63, 3.8) is 0 Å². The molecular formula is C17H22FNO4. The molecule has 1 atom stereocenters. The Kier molecular flexibility index (Phi) is 6.38. The smallest absolute Gasteiger partial charge is 0.328 e. The minimum absolute atomic E-state index is 0.108. The summed E-state index contributed by atoms with van der Waals surface area (Å²) in [4.78, 5) is 22.4. The molecule has 1 saturated carbocycles. The summed E-state index contributed by atoms with van der Waals surface area (Å²) in [5, 5.41) is 10.9. The number of aliphatic carboxylic acids is 1. The van der Waals surface area contributed by atoms with Gasteiger partial charge in [-0.1, -0.05) is 12.1 Å². The number of aryl methyl sites for hydroxylation is 1. The van der Waals surface area contributed by atoms with Crippen LogP contribution in [0, 0.1) is 0 Å². The molecule has 0 radical (unpaired) electrons. The van der Waals surface area contributed by atoms with Crippen LogP contribution < -0.4 is 10.1 Å². The first-order chi connectivity index (χ1) is 11.1. The van der Waals surface area contributed by atoms with Crippen LogP contribution in [0.1, 0.15) is 37.7 Å². The average Bonchev–Trinajstić information content (AvgIpc) is 3.03. The molecule has 0 heterocycles. The highest BCUT2D eigenvalue weighted by molar-refractivity contribution is 5.83. The summed E-state index contributed by atoms with van der Waals surface area (Å²) in [5.74, 6) is -1.05. The van der Waals surface area contributed by atoms with Crippen molar-refractivity contribution in [2.75, 3.05) is 6.67 Å². The van der Waals surface area contributed by atoms with E-state index in [0.29, 0.717) is 6.42 Å². The third kappa shape index (κ3) is 5.54. The van der Waals surface area contributed by atoms with Gasteiger partial charge in [0.25, 0.3) is 0 Å². The Balaban J connectivity index is 1.82. The van der Waals surface area contributed by atoms with E-state index in [2.05, 4.69) is 5.32 Å². The van der Waals surface area contributed by atoms with Gasteiger partial charge in [-0.3, -0.25) is 4.79 Å². The molecule has 1 aliphatic rings. The monoisotopic (exact) mass is 323 g/mol. The molecule has 23 heavy (non-hydrogen) atoms. The fourth-order valence-electron chi connectivity index (χ4n) is 2.66. The average molecular weight is 323 g/mol. The molecule has 1 amide bonds. The van der Waals surface area contributed by atoms with Crippen molar-refractivity contribution in [2.24, 2.45) is 0 Å². The van der Waals surface area contributed by atoms with Crippen molar-refractivity contribution < 1.29 is 23.8 Å². The maximum atomic E-state index is 12.5. The van der Waals surface area contributed by atoms with E-state index < -0.39 is 24.6 Å². The molecule has 1 fully saturated rings. The molecule has 6 heteroatoms. The van der Waals surface area contributed by atoms with Gasteiger partial charge >= 0.3 is 5.97 Å².